The Bertz CT molecular complexity index is 537. The van der Waals surface area contributed by atoms with Crippen molar-refractivity contribution in [1.29, 1.82) is 0 Å². The molecule has 1 saturated heterocycles. The Morgan fingerprint density at radius 1 is 1.43 bits per heavy atom. The smallest absolute Gasteiger partial charge is 0.410 e. The molecule has 1 amide bonds. The quantitative estimate of drug-likeness (QED) is 0.859. The van der Waals surface area contributed by atoms with Crippen LogP contribution in [-0.4, -0.2) is 33.8 Å². The lowest BCUT2D eigenvalue weighted by Gasteiger charge is -2.29. The Hall–Kier alpha value is -1.26. The highest BCUT2D eigenvalue weighted by molar-refractivity contribution is 6.31. The largest absolute Gasteiger partial charge is 0.444 e. The van der Waals surface area contributed by atoms with Gasteiger partial charge < -0.3 is 9.84 Å². The monoisotopic (exact) mass is 311 g/mol. The van der Waals surface area contributed by atoms with E-state index in [1.54, 1.807) is 17.9 Å². The number of nitrogens with zero attached hydrogens (tertiary/aromatic N) is 1. The molecule has 4 nitrogen and oxygen atoms in total. The number of carbonyl (C=O) groups excluding carboxylic acids is 1. The number of β-amino-alcohol motifs (C(OH)–C–C–N with tert-alkyl or cyclic N) is 1. The predicted octanol–water partition coefficient (Wildman–Crippen LogP) is 3.77. The molecule has 21 heavy (non-hydrogen) atoms. The minimum absolute atomic E-state index is 0.234. The van der Waals surface area contributed by atoms with Gasteiger partial charge in [-0.15, -0.1) is 0 Å². The lowest BCUT2D eigenvalue weighted by Crippen LogP contribution is -2.38. The lowest BCUT2D eigenvalue weighted by molar-refractivity contribution is 0.0152. The highest BCUT2D eigenvalue weighted by Gasteiger charge is 2.44. The number of benzene rings is 1. The second-order valence-electron chi connectivity index (χ2n) is 6.85. The molecule has 116 valence electrons. The Morgan fingerprint density at radius 2 is 2.05 bits per heavy atom. The van der Waals surface area contributed by atoms with Gasteiger partial charge in [-0.25, -0.2) is 4.79 Å². The highest BCUT2D eigenvalue weighted by atomic mass is 35.5. The van der Waals surface area contributed by atoms with Gasteiger partial charge in [0.05, 0.1) is 18.2 Å². The Labute approximate surface area is 130 Å². The summed E-state index contributed by atoms with van der Waals surface area (Å²) in [6.45, 7) is 7.43. The summed E-state index contributed by atoms with van der Waals surface area (Å²) in [5.74, 6) is 0. The maximum atomic E-state index is 12.4. The first kappa shape index (κ1) is 16.1. The number of aliphatic hydroxyl groups is 1. The van der Waals surface area contributed by atoms with E-state index in [0.29, 0.717) is 11.4 Å². The Balaban J connectivity index is 2.30. The standard InChI is InChI=1S/C16H22ClNO3/c1-15(2,3)21-14(19)18-10-16(4,20)9-13(18)11-7-5-6-8-12(11)17/h5-8,13,20H,9-10H2,1-4H3. The molecule has 2 atom stereocenters. The van der Waals surface area contributed by atoms with Crippen LogP contribution in [0.5, 0.6) is 0 Å². The normalized spacial score (nSPS) is 26.0. The summed E-state index contributed by atoms with van der Waals surface area (Å²) >= 11 is 6.24. The van der Waals surface area contributed by atoms with E-state index in [-0.39, 0.29) is 12.6 Å². The minimum Gasteiger partial charge on any atom is -0.444 e. The van der Waals surface area contributed by atoms with Crippen molar-refractivity contribution >= 4 is 17.7 Å². The molecule has 0 aliphatic carbocycles. The van der Waals surface area contributed by atoms with Crippen LogP contribution in [-0.2, 0) is 4.74 Å². The van der Waals surface area contributed by atoms with Crippen molar-refractivity contribution in [2.24, 2.45) is 0 Å². The fraction of sp³-hybridized carbons (Fsp3) is 0.562. The molecule has 1 aliphatic rings. The molecule has 1 aromatic carbocycles. The molecule has 2 unspecified atom stereocenters. The van der Waals surface area contributed by atoms with E-state index in [4.69, 9.17) is 16.3 Å². The van der Waals surface area contributed by atoms with Crippen molar-refractivity contribution in [2.75, 3.05) is 6.54 Å². The van der Waals surface area contributed by atoms with Crippen LogP contribution in [0.25, 0.3) is 0 Å². The third-order valence-electron chi connectivity index (χ3n) is 3.41. The molecule has 0 aromatic heterocycles. The fourth-order valence-corrected chi connectivity index (χ4v) is 2.87. The van der Waals surface area contributed by atoms with E-state index in [9.17, 15) is 9.90 Å². The van der Waals surface area contributed by atoms with E-state index < -0.39 is 17.3 Å². The van der Waals surface area contributed by atoms with Crippen LogP contribution in [0, 0.1) is 0 Å². The van der Waals surface area contributed by atoms with E-state index >= 15 is 0 Å². The average Bonchev–Trinajstić information content (AvgIpc) is 2.64. The number of amides is 1. The molecule has 0 saturated carbocycles. The van der Waals surface area contributed by atoms with Gasteiger partial charge in [0.15, 0.2) is 0 Å². The zero-order valence-electron chi connectivity index (χ0n) is 12.9. The molecular formula is C16H22ClNO3. The SMILES string of the molecule is CC1(O)CC(c2ccccc2Cl)N(C(=O)OC(C)(C)C)C1. The molecule has 0 spiro atoms. The van der Waals surface area contributed by atoms with Crippen molar-refractivity contribution in [2.45, 2.75) is 51.4 Å². The third kappa shape index (κ3) is 3.89. The number of hydrogen-bond acceptors (Lipinski definition) is 3. The molecule has 0 bridgehead atoms. The first-order valence-corrected chi connectivity index (χ1v) is 7.43. The fourth-order valence-electron chi connectivity index (χ4n) is 2.60. The summed E-state index contributed by atoms with van der Waals surface area (Å²) in [5.41, 5.74) is -0.681. The topological polar surface area (TPSA) is 49.8 Å². The van der Waals surface area contributed by atoms with Crippen LogP contribution in [0.4, 0.5) is 4.79 Å². The number of likely N-dealkylation sites (tertiary alicyclic amines) is 1. The number of ether oxygens (including phenoxy) is 1. The van der Waals surface area contributed by atoms with Gasteiger partial charge in [0.2, 0.25) is 0 Å². The molecule has 5 heteroatoms. The summed E-state index contributed by atoms with van der Waals surface area (Å²) in [7, 11) is 0. The van der Waals surface area contributed by atoms with Crippen molar-refractivity contribution in [3.8, 4) is 0 Å². The molecule has 0 radical (unpaired) electrons. The molecule has 1 fully saturated rings. The summed E-state index contributed by atoms with van der Waals surface area (Å²) < 4.78 is 5.44. The van der Waals surface area contributed by atoms with E-state index in [0.717, 1.165) is 5.56 Å². The summed E-state index contributed by atoms with van der Waals surface area (Å²) in [6, 6.07) is 7.12. The third-order valence-corrected chi connectivity index (χ3v) is 3.76. The number of halogens is 1. The minimum atomic E-state index is -0.944. The van der Waals surface area contributed by atoms with Crippen LogP contribution in [0.1, 0.15) is 45.7 Å². The molecule has 1 aliphatic heterocycles. The predicted molar refractivity (Wildman–Crippen MR) is 82.4 cm³/mol. The zero-order chi connectivity index (χ0) is 15.8. The highest BCUT2D eigenvalue weighted by Crippen LogP contribution is 2.40. The van der Waals surface area contributed by atoms with Crippen molar-refractivity contribution in [3.05, 3.63) is 34.9 Å². The Kier molecular flexibility index (Phi) is 4.22. The van der Waals surface area contributed by atoms with Crippen molar-refractivity contribution < 1.29 is 14.6 Å². The summed E-state index contributed by atoms with van der Waals surface area (Å²) in [6.07, 6.45) is 0.0147. The molecular weight excluding hydrogens is 290 g/mol. The van der Waals surface area contributed by atoms with Gasteiger partial charge in [-0.2, -0.15) is 0 Å². The maximum Gasteiger partial charge on any atom is 0.410 e. The number of hydrogen-bond donors (Lipinski definition) is 1. The van der Waals surface area contributed by atoms with Gasteiger partial charge in [0.1, 0.15) is 5.60 Å². The van der Waals surface area contributed by atoms with Crippen LogP contribution < -0.4 is 0 Å². The van der Waals surface area contributed by atoms with Crippen LogP contribution in [0.2, 0.25) is 5.02 Å². The zero-order valence-corrected chi connectivity index (χ0v) is 13.6. The van der Waals surface area contributed by atoms with Gasteiger partial charge >= 0.3 is 6.09 Å². The summed E-state index contributed by atoms with van der Waals surface area (Å²) in [5, 5.41) is 10.9. The van der Waals surface area contributed by atoms with Gasteiger partial charge in [-0.1, -0.05) is 29.8 Å². The molecule has 1 heterocycles. The van der Waals surface area contributed by atoms with Crippen LogP contribution >= 0.6 is 11.6 Å². The first-order valence-electron chi connectivity index (χ1n) is 7.05. The van der Waals surface area contributed by atoms with Gasteiger partial charge in [0.25, 0.3) is 0 Å². The van der Waals surface area contributed by atoms with Gasteiger partial charge in [-0.3, -0.25) is 4.90 Å². The molecule has 2 rings (SSSR count). The summed E-state index contributed by atoms with van der Waals surface area (Å²) in [4.78, 5) is 14.0. The van der Waals surface area contributed by atoms with Gasteiger partial charge in [-0.05, 0) is 39.3 Å². The Morgan fingerprint density at radius 3 is 2.62 bits per heavy atom. The van der Waals surface area contributed by atoms with Crippen LogP contribution in [0.15, 0.2) is 24.3 Å². The van der Waals surface area contributed by atoms with Gasteiger partial charge in [0, 0.05) is 11.4 Å². The van der Waals surface area contributed by atoms with E-state index in [2.05, 4.69) is 0 Å². The van der Waals surface area contributed by atoms with E-state index in [1.807, 2.05) is 39.0 Å². The average molecular weight is 312 g/mol. The van der Waals surface area contributed by atoms with Crippen LogP contribution in [0.3, 0.4) is 0 Å². The second kappa shape index (κ2) is 5.50. The van der Waals surface area contributed by atoms with Crippen molar-refractivity contribution in [3.63, 3.8) is 0 Å². The van der Waals surface area contributed by atoms with Crippen molar-refractivity contribution in [1.82, 2.24) is 4.90 Å². The first-order chi connectivity index (χ1) is 9.59. The number of rotatable bonds is 1. The molecule has 1 aromatic rings. The lowest BCUT2D eigenvalue weighted by atomic mass is 9.98. The second-order valence-corrected chi connectivity index (χ2v) is 7.25. The molecule has 1 N–H and O–H groups in total. The number of carbonyl (C=O) groups is 1. The maximum absolute atomic E-state index is 12.4. The van der Waals surface area contributed by atoms with E-state index in [1.165, 1.54) is 0 Å².